The maximum atomic E-state index is 10.5. The number of carbonyl (C=O) groups is 2. The molecule has 0 saturated heterocycles. The molecule has 0 bridgehead atoms. The molecule has 5 heteroatoms. The summed E-state index contributed by atoms with van der Waals surface area (Å²) in [5.74, 6) is -0.307. The van der Waals surface area contributed by atoms with Gasteiger partial charge >= 0.3 is 6.09 Å². The summed E-state index contributed by atoms with van der Waals surface area (Å²) in [7, 11) is 0. The van der Waals surface area contributed by atoms with E-state index in [-0.39, 0.29) is 19.1 Å². The van der Waals surface area contributed by atoms with E-state index in [9.17, 15) is 9.59 Å². The Morgan fingerprint density at radius 1 is 1.64 bits per heavy atom. The lowest BCUT2D eigenvalue weighted by Gasteiger charge is -2.00. The Labute approximate surface area is 64.2 Å². The second kappa shape index (κ2) is 5.28. The average Bonchev–Trinajstić information content (AvgIpc) is 1.97. The molecule has 0 fully saturated rings. The number of amides is 2. The maximum Gasteiger partial charge on any atom is 0.404 e. The standard InChI is InChI=1S/C6H10N2O3/c1-2-5(9)8-3-4-11-6(7)10/h2H,1,3-4H2,(H2,7,10)(H,8,9). The first-order chi connectivity index (χ1) is 5.16. The molecule has 0 heterocycles. The molecule has 0 aliphatic heterocycles. The lowest BCUT2D eigenvalue weighted by Crippen LogP contribution is -2.27. The molecule has 0 radical (unpaired) electrons. The van der Waals surface area contributed by atoms with Crippen molar-refractivity contribution in [3.05, 3.63) is 12.7 Å². The van der Waals surface area contributed by atoms with Crippen LogP contribution in [0.15, 0.2) is 12.7 Å². The van der Waals surface area contributed by atoms with Gasteiger partial charge in [-0.1, -0.05) is 6.58 Å². The number of hydrogen-bond donors (Lipinski definition) is 2. The van der Waals surface area contributed by atoms with E-state index < -0.39 is 6.09 Å². The third-order valence-electron chi connectivity index (χ3n) is 0.831. The summed E-state index contributed by atoms with van der Waals surface area (Å²) in [4.78, 5) is 20.4. The number of ether oxygens (including phenoxy) is 1. The van der Waals surface area contributed by atoms with Crippen molar-refractivity contribution in [3.63, 3.8) is 0 Å². The molecule has 0 aliphatic carbocycles. The van der Waals surface area contributed by atoms with Gasteiger partial charge in [0.1, 0.15) is 6.61 Å². The minimum absolute atomic E-state index is 0.0783. The molecular weight excluding hydrogens is 148 g/mol. The van der Waals surface area contributed by atoms with Crippen LogP contribution in [0.1, 0.15) is 0 Å². The van der Waals surface area contributed by atoms with Gasteiger partial charge in [0, 0.05) is 0 Å². The Balaban J connectivity index is 3.21. The highest BCUT2D eigenvalue weighted by Gasteiger charge is 1.94. The van der Waals surface area contributed by atoms with E-state index in [0.717, 1.165) is 6.08 Å². The molecule has 0 rings (SSSR count). The fraction of sp³-hybridized carbons (Fsp3) is 0.333. The zero-order valence-corrected chi connectivity index (χ0v) is 6.00. The lowest BCUT2D eigenvalue weighted by molar-refractivity contribution is -0.116. The van der Waals surface area contributed by atoms with Crippen LogP contribution in [0, 0.1) is 0 Å². The summed E-state index contributed by atoms with van der Waals surface area (Å²) in [5, 5.41) is 2.40. The third-order valence-corrected chi connectivity index (χ3v) is 0.831. The van der Waals surface area contributed by atoms with Gasteiger partial charge in [0.05, 0.1) is 6.54 Å². The summed E-state index contributed by atoms with van der Waals surface area (Å²) >= 11 is 0. The van der Waals surface area contributed by atoms with Gasteiger partial charge in [0.2, 0.25) is 5.91 Å². The van der Waals surface area contributed by atoms with Crippen LogP contribution in [0.3, 0.4) is 0 Å². The van der Waals surface area contributed by atoms with E-state index in [4.69, 9.17) is 0 Å². The number of nitrogens with one attached hydrogen (secondary N) is 1. The Kier molecular flexibility index (Phi) is 4.55. The largest absolute Gasteiger partial charge is 0.448 e. The van der Waals surface area contributed by atoms with Gasteiger partial charge in [0.25, 0.3) is 0 Å². The van der Waals surface area contributed by atoms with Crippen molar-refractivity contribution in [3.8, 4) is 0 Å². The molecule has 0 atom stereocenters. The highest BCUT2D eigenvalue weighted by molar-refractivity contribution is 5.86. The molecule has 11 heavy (non-hydrogen) atoms. The normalized spacial score (nSPS) is 8.36. The predicted molar refractivity (Wildman–Crippen MR) is 38.7 cm³/mol. The SMILES string of the molecule is C=CC(=O)NCCOC(N)=O. The Hall–Kier alpha value is -1.52. The van der Waals surface area contributed by atoms with Crippen LogP contribution in [0.5, 0.6) is 0 Å². The van der Waals surface area contributed by atoms with E-state index >= 15 is 0 Å². The first-order valence-electron chi connectivity index (χ1n) is 2.99. The zero-order valence-electron chi connectivity index (χ0n) is 6.00. The van der Waals surface area contributed by atoms with Crippen molar-refractivity contribution in [1.29, 1.82) is 0 Å². The van der Waals surface area contributed by atoms with Crippen LogP contribution in [0.2, 0.25) is 0 Å². The minimum Gasteiger partial charge on any atom is -0.448 e. The number of hydrogen-bond acceptors (Lipinski definition) is 3. The van der Waals surface area contributed by atoms with Gasteiger partial charge in [-0.3, -0.25) is 4.79 Å². The fourth-order valence-corrected chi connectivity index (χ4v) is 0.398. The van der Waals surface area contributed by atoms with Gasteiger partial charge < -0.3 is 15.8 Å². The van der Waals surface area contributed by atoms with Crippen LogP contribution in [-0.4, -0.2) is 25.2 Å². The second-order valence-corrected chi connectivity index (χ2v) is 1.66. The van der Waals surface area contributed by atoms with Gasteiger partial charge in [-0.05, 0) is 6.08 Å². The second-order valence-electron chi connectivity index (χ2n) is 1.66. The topological polar surface area (TPSA) is 81.4 Å². The molecule has 0 spiro atoms. The maximum absolute atomic E-state index is 10.5. The summed E-state index contributed by atoms with van der Waals surface area (Å²) in [6, 6.07) is 0. The van der Waals surface area contributed by atoms with Crippen molar-refractivity contribution in [2.24, 2.45) is 5.73 Å². The van der Waals surface area contributed by atoms with Crippen molar-refractivity contribution in [1.82, 2.24) is 5.32 Å². The van der Waals surface area contributed by atoms with Crippen LogP contribution < -0.4 is 11.1 Å². The third kappa shape index (κ3) is 6.36. The van der Waals surface area contributed by atoms with Gasteiger partial charge in [-0.2, -0.15) is 0 Å². The highest BCUT2D eigenvalue weighted by Crippen LogP contribution is 1.72. The summed E-state index contributed by atoms with van der Waals surface area (Å²) < 4.78 is 4.33. The first kappa shape index (κ1) is 9.48. The van der Waals surface area contributed by atoms with Gasteiger partial charge in [0.15, 0.2) is 0 Å². The van der Waals surface area contributed by atoms with E-state index in [1.54, 1.807) is 0 Å². The summed E-state index contributed by atoms with van der Waals surface area (Å²) in [6.45, 7) is 3.55. The summed E-state index contributed by atoms with van der Waals surface area (Å²) in [5.41, 5.74) is 4.65. The van der Waals surface area contributed by atoms with E-state index in [1.165, 1.54) is 0 Å². The Bertz CT molecular complexity index is 167. The number of rotatable bonds is 4. The van der Waals surface area contributed by atoms with Crippen LogP contribution in [0.25, 0.3) is 0 Å². The van der Waals surface area contributed by atoms with E-state index in [2.05, 4.69) is 22.4 Å². The van der Waals surface area contributed by atoms with Crippen molar-refractivity contribution < 1.29 is 14.3 Å². The molecular formula is C6H10N2O3. The molecule has 0 aromatic heterocycles. The monoisotopic (exact) mass is 158 g/mol. The number of primary amides is 1. The quantitative estimate of drug-likeness (QED) is 0.422. The molecule has 62 valence electrons. The Morgan fingerprint density at radius 2 is 2.27 bits per heavy atom. The van der Waals surface area contributed by atoms with E-state index in [0.29, 0.717) is 0 Å². The lowest BCUT2D eigenvalue weighted by atomic mass is 10.5. The summed E-state index contributed by atoms with van der Waals surface area (Å²) in [6.07, 6.45) is 0.280. The van der Waals surface area contributed by atoms with Crippen LogP contribution >= 0.6 is 0 Å². The molecule has 0 unspecified atom stereocenters. The fourth-order valence-electron chi connectivity index (χ4n) is 0.398. The molecule has 0 saturated carbocycles. The first-order valence-corrected chi connectivity index (χ1v) is 2.99. The molecule has 0 aromatic carbocycles. The molecule has 0 aromatic rings. The van der Waals surface area contributed by atoms with Crippen molar-refractivity contribution in [2.75, 3.05) is 13.2 Å². The van der Waals surface area contributed by atoms with Gasteiger partial charge in [-0.25, -0.2) is 4.79 Å². The number of carbonyl (C=O) groups excluding carboxylic acids is 2. The smallest absolute Gasteiger partial charge is 0.404 e. The predicted octanol–water partition coefficient (Wildman–Crippen LogP) is -0.616. The van der Waals surface area contributed by atoms with Crippen LogP contribution in [0.4, 0.5) is 4.79 Å². The van der Waals surface area contributed by atoms with Crippen LogP contribution in [-0.2, 0) is 9.53 Å². The molecule has 2 amide bonds. The molecule has 3 N–H and O–H groups in total. The molecule has 0 aliphatic rings. The molecule has 5 nitrogen and oxygen atoms in total. The van der Waals surface area contributed by atoms with Crippen molar-refractivity contribution in [2.45, 2.75) is 0 Å². The highest BCUT2D eigenvalue weighted by atomic mass is 16.5. The van der Waals surface area contributed by atoms with Crippen molar-refractivity contribution >= 4 is 12.0 Å². The van der Waals surface area contributed by atoms with E-state index in [1.807, 2.05) is 0 Å². The average molecular weight is 158 g/mol. The van der Waals surface area contributed by atoms with Gasteiger partial charge in [-0.15, -0.1) is 0 Å². The Morgan fingerprint density at radius 3 is 2.73 bits per heavy atom. The zero-order chi connectivity index (χ0) is 8.69. The minimum atomic E-state index is -0.849. The number of nitrogens with two attached hydrogens (primary N) is 1.